The van der Waals surface area contributed by atoms with Crippen LogP contribution in [0.5, 0.6) is 5.75 Å². The number of urea groups is 1. The lowest BCUT2D eigenvalue weighted by Crippen LogP contribution is -2.39. The summed E-state index contributed by atoms with van der Waals surface area (Å²) in [5.74, 6) is 1.36. The van der Waals surface area contributed by atoms with E-state index in [1.165, 1.54) is 0 Å². The third kappa shape index (κ3) is 4.08. The SMILES string of the molecule is CC1CN(C(=O)Nc2ccc(Cn3ccnc3)cn2)Cc2ccccc2O1. The van der Waals surface area contributed by atoms with Crippen molar-refractivity contribution >= 4 is 11.8 Å². The van der Waals surface area contributed by atoms with Crippen molar-refractivity contribution in [2.45, 2.75) is 26.1 Å². The van der Waals surface area contributed by atoms with Gasteiger partial charge in [0, 0.05) is 30.7 Å². The molecule has 0 aliphatic carbocycles. The van der Waals surface area contributed by atoms with Gasteiger partial charge in [0.2, 0.25) is 0 Å². The van der Waals surface area contributed by atoms with E-state index in [0.717, 1.165) is 16.9 Å². The molecule has 0 saturated heterocycles. The van der Waals surface area contributed by atoms with Gasteiger partial charge >= 0.3 is 6.03 Å². The number of carbonyl (C=O) groups excluding carboxylic acids is 1. The highest BCUT2D eigenvalue weighted by atomic mass is 16.5. The minimum Gasteiger partial charge on any atom is -0.489 e. The lowest BCUT2D eigenvalue weighted by atomic mass is 10.2. The first-order valence-corrected chi connectivity index (χ1v) is 8.88. The van der Waals surface area contributed by atoms with Gasteiger partial charge in [-0.05, 0) is 24.6 Å². The van der Waals surface area contributed by atoms with Gasteiger partial charge in [-0.15, -0.1) is 0 Å². The molecule has 7 heteroatoms. The Hall–Kier alpha value is -3.35. The Balaban J connectivity index is 1.42. The molecule has 1 atom stereocenters. The molecular weight excluding hydrogens is 342 g/mol. The molecule has 3 heterocycles. The van der Waals surface area contributed by atoms with Crippen molar-refractivity contribution in [1.29, 1.82) is 0 Å². The van der Waals surface area contributed by atoms with Gasteiger partial charge in [-0.3, -0.25) is 5.32 Å². The number of hydrogen-bond acceptors (Lipinski definition) is 4. The van der Waals surface area contributed by atoms with Crippen molar-refractivity contribution in [1.82, 2.24) is 19.4 Å². The van der Waals surface area contributed by atoms with Crippen molar-refractivity contribution in [3.05, 3.63) is 72.4 Å². The molecule has 2 aromatic heterocycles. The average molecular weight is 363 g/mol. The largest absolute Gasteiger partial charge is 0.489 e. The summed E-state index contributed by atoms with van der Waals surface area (Å²) in [6.45, 7) is 3.68. The van der Waals surface area contributed by atoms with Crippen molar-refractivity contribution in [3.8, 4) is 5.75 Å². The molecule has 4 rings (SSSR count). The van der Waals surface area contributed by atoms with Crippen molar-refractivity contribution in [2.75, 3.05) is 11.9 Å². The Labute approximate surface area is 157 Å². The Morgan fingerprint density at radius 2 is 2.19 bits per heavy atom. The molecule has 138 valence electrons. The molecule has 0 saturated carbocycles. The molecule has 27 heavy (non-hydrogen) atoms. The summed E-state index contributed by atoms with van der Waals surface area (Å²) >= 11 is 0. The van der Waals surface area contributed by atoms with Gasteiger partial charge in [-0.1, -0.05) is 24.3 Å². The molecule has 7 nitrogen and oxygen atoms in total. The molecule has 1 unspecified atom stereocenters. The van der Waals surface area contributed by atoms with Gasteiger partial charge in [-0.2, -0.15) is 0 Å². The predicted molar refractivity (Wildman–Crippen MR) is 102 cm³/mol. The van der Waals surface area contributed by atoms with Crippen LogP contribution in [-0.4, -0.2) is 38.1 Å². The van der Waals surface area contributed by atoms with Crippen LogP contribution in [0.1, 0.15) is 18.1 Å². The molecule has 0 spiro atoms. The summed E-state index contributed by atoms with van der Waals surface area (Å²) in [5.41, 5.74) is 2.04. The normalized spacial score (nSPS) is 16.2. The van der Waals surface area contributed by atoms with E-state index in [1.54, 1.807) is 23.6 Å². The fourth-order valence-electron chi connectivity index (χ4n) is 3.11. The number of anilines is 1. The number of imidazole rings is 1. The number of fused-ring (bicyclic) bond motifs is 1. The van der Waals surface area contributed by atoms with Gasteiger partial charge < -0.3 is 14.2 Å². The third-order valence-corrected chi connectivity index (χ3v) is 4.41. The highest BCUT2D eigenvalue weighted by Crippen LogP contribution is 2.25. The second-order valence-corrected chi connectivity index (χ2v) is 6.63. The monoisotopic (exact) mass is 363 g/mol. The Morgan fingerprint density at radius 1 is 1.30 bits per heavy atom. The van der Waals surface area contributed by atoms with E-state index in [2.05, 4.69) is 15.3 Å². The van der Waals surface area contributed by atoms with Gasteiger partial charge in [0.05, 0.1) is 19.4 Å². The zero-order valence-corrected chi connectivity index (χ0v) is 15.1. The molecule has 1 aliphatic rings. The fourth-order valence-corrected chi connectivity index (χ4v) is 3.11. The molecule has 1 N–H and O–H groups in total. The van der Waals surface area contributed by atoms with E-state index in [9.17, 15) is 4.79 Å². The predicted octanol–water partition coefficient (Wildman–Crippen LogP) is 3.14. The van der Waals surface area contributed by atoms with Crippen LogP contribution in [0.15, 0.2) is 61.3 Å². The molecule has 3 aromatic rings. The lowest BCUT2D eigenvalue weighted by molar-refractivity contribution is 0.166. The van der Waals surface area contributed by atoms with Crippen LogP contribution >= 0.6 is 0 Å². The van der Waals surface area contributed by atoms with E-state index in [1.807, 2.05) is 54.1 Å². The quantitative estimate of drug-likeness (QED) is 0.776. The van der Waals surface area contributed by atoms with Crippen molar-refractivity contribution in [3.63, 3.8) is 0 Å². The first-order valence-electron chi connectivity index (χ1n) is 8.88. The minimum atomic E-state index is -0.183. The maximum atomic E-state index is 12.7. The highest BCUT2D eigenvalue weighted by Gasteiger charge is 2.23. The molecule has 2 amide bonds. The number of rotatable bonds is 3. The van der Waals surface area contributed by atoms with Crippen LogP contribution in [-0.2, 0) is 13.1 Å². The van der Waals surface area contributed by atoms with Crippen LogP contribution in [0.3, 0.4) is 0 Å². The number of aromatic nitrogens is 3. The van der Waals surface area contributed by atoms with Gasteiger partial charge in [0.15, 0.2) is 0 Å². The topological polar surface area (TPSA) is 72.3 Å². The van der Waals surface area contributed by atoms with Crippen LogP contribution in [0.25, 0.3) is 0 Å². The van der Waals surface area contributed by atoms with E-state index in [-0.39, 0.29) is 12.1 Å². The van der Waals surface area contributed by atoms with Gasteiger partial charge in [0.1, 0.15) is 17.7 Å². The smallest absolute Gasteiger partial charge is 0.323 e. The molecule has 1 aliphatic heterocycles. The third-order valence-electron chi connectivity index (χ3n) is 4.41. The summed E-state index contributed by atoms with van der Waals surface area (Å²) in [6.07, 6.45) is 7.09. The van der Waals surface area contributed by atoms with Crippen LogP contribution < -0.4 is 10.1 Å². The number of benzene rings is 1. The molecule has 1 aromatic carbocycles. The number of hydrogen-bond donors (Lipinski definition) is 1. The van der Waals surface area contributed by atoms with Crippen molar-refractivity contribution < 1.29 is 9.53 Å². The van der Waals surface area contributed by atoms with Crippen LogP contribution in [0, 0.1) is 0 Å². The van der Waals surface area contributed by atoms with E-state index < -0.39 is 0 Å². The maximum absolute atomic E-state index is 12.7. The fraction of sp³-hybridized carbons (Fsp3) is 0.250. The van der Waals surface area contributed by atoms with Gasteiger partial charge in [0.25, 0.3) is 0 Å². The summed E-state index contributed by atoms with van der Waals surface area (Å²) in [6, 6.07) is 11.4. The summed E-state index contributed by atoms with van der Waals surface area (Å²) in [5, 5.41) is 2.88. The summed E-state index contributed by atoms with van der Waals surface area (Å²) < 4.78 is 7.87. The van der Waals surface area contributed by atoms with E-state index in [0.29, 0.717) is 25.5 Å². The number of para-hydroxylation sites is 1. The highest BCUT2D eigenvalue weighted by molar-refractivity contribution is 5.88. The zero-order chi connectivity index (χ0) is 18.6. The molecule has 0 bridgehead atoms. The second-order valence-electron chi connectivity index (χ2n) is 6.63. The van der Waals surface area contributed by atoms with Crippen molar-refractivity contribution in [2.24, 2.45) is 0 Å². The van der Waals surface area contributed by atoms with Crippen LogP contribution in [0.2, 0.25) is 0 Å². The maximum Gasteiger partial charge on any atom is 0.323 e. The summed E-state index contributed by atoms with van der Waals surface area (Å²) in [4.78, 5) is 22.9. The van der Waals surface area contributed by atoms with E-state index in [4.69, 9.17) is 4.74 Å². The molecule has 0 radical (unpaired) electrons. The zero-order valence-electron chi connectivity index (χ0n) is 15.1. The first-order chi connectivity index (χ1) is 13.2. The Kier molecular flexibility index (Phi) is 4.74. The number of carbonyl (C=O) groups is 1. The summed E-state index contributed by atoms with van der Waals surface area (Å²) in [7, 11) is 0. The first kappa shape index (κ1) is 17.1. The Morgan fingerprint density at radius 3 is 2.96 bits per heavy atom. The minimum absolute atomic E-state index is 0.0788. The van der Waals surface area contributed by atoms with Gasteiger partial charge in [-0.25, -0.2) is 14.8 Å². The van der Waals surface area contributed by atoms with E-state index >= 15 is 0 Å². The Bertz CT molecular complexity index is 908. The number of nitrogens with zero attached hydrogens (tertiary/aromatic N) is 4. The average Bonchev–Trinajstić information content (AvgIpc) is 3.10. The standard InChI is InChI=1S/C20H21N5O2/c1-15-11-25(13-17-4-2-3-5-18(17)27-15)20(26)23-19-7-6-16(10-22-19)12-24-9-8-21-14-24/h2-10,14-15H,11-13H2,1H3,(H,22,23,26). The number of pyridine rings is 1. The number of nitrogens with one attached hydrogen (secondary N) is 1. The molecular formula is C20H21N5O2. The lowest BCUT2D eigenvalue weighted by Gasteiger charge is -2.22. The second kappa shape index (κ2) is 7.49. The number of amides is 2. The number of ether oxygens (including phenoxy) is 1. The van der Waals surface area contributed by atoms with Crippen LogP contribution in [0.4, 0.5) is 10.6 Å². The molecule has 0 fully saturated rings.